The van der Waals surface area contributed by atoms with Crippen molar-refractivity contribution in [3.63, 3.8) is 0 Å². The van der Waals surface area contributed by atoms with E-state index in [9.17, 15) is 9.59 Å². The normalized spacial score (nSPS) is 10.8. The Hall–Kier alpha value is -2.30. The summed E-state index contributed by atoms with van der Waals surface area (Å²) in [4.78, 5) is 24.0. The fourth-order valence-corrected chi connectivity index (χ4v) is 3.05. The average Bonchev–Trinajstić information content (AvgIpc) is 2.54. The Balaban J connectivity index is 1.94. The van der Waals surface area contributed by atoms with Crippen LogP contribution in [0.4, 0.5) is 0 Å². The van der Waals surface area contributed by atoms with E-state index in [2.05, 4.69) is 0 Å². The van der Waals surface area contributed by atoms with Crippen LogP contribution in [-0.2, 0) is 6.42 Å². The SMILES string of the molecule is CCCc1cc(=O)oc2cc(OC(=O)c3ccc(Cl)cc3Cl)ccc12. The molecule has 0 bridgehead atoms. The maximum Gasteiger partial charge on any atom is 0.345 e. The zero-order chi connectivity index (χ0) is 18.0. The maximum atomic E-state index is 12.3. The predicted octanol–water partition coefficient (Wildman–Crippen LogP) is 5.27. The van der Waals surface area contributed by atoms with Crippen molar-refractivity contribution in [2.75, 3.05) is 0 Å². The number of rotatable bonds is 4. The quantitative estimate of drug-likeness (QED) is 0.353. The minimum absolute atomic E-state index is 0.201. The summed E-state index contributed by atoms with van der Waals surface area (Å²) in [5.74, 6) is -0.353. The monoisotopic (exact) mass is 376 g/mol. The minimum atomic E-state index is -0.618. The van der Waals surface area contributed by atoms with Crippen LogP contribution in [0.25, 0.3) is 11.0 Å². The molecule has 0 radical (unpaired) electrons. The summed E-state index contributed by atoms with van der Waals surface area (Å²) in [6, 6.07) is 11.0. The van der Waals surface area contributed by atoms with Crippen molar-refractivity contribution in [2.24, 2.45) is 0 Å². The molecule has 0 amide bonds. The first-order chi connectivity index (χ1) is 12.0. The molecule has 1 aromatic heterocycles. The van der Waals surface area contributed by atoms with Gasteiger partial charge in [0.05, 0.1) is 10.6 Å². The molecule has 0 aliphatic heterocycles. The molecule has 0 saturated carbocycles. The lowest BCUT2D eigenvalue weighted by molar-refractivity contribution is 0.0735. The van der Waals surface area contributed by atoms with E-state index in [4.69, 9.17) is 32.4 Å². The van der Waals surface area contributed by atoms with Crippen LogP contribution in [0.3, 0.4) is 0 Å². The third-order valence-corrected chi connectivity index (χ3v) is 4.23. The van der Waals surface area contributed by atoms with Gasteiger partial charge in [0.2, 0.25) is 0 Å². The number of halogens is 2. The van der Waals surface area contributed by atoms with E-state index in [1.807, 2.05) is 6.92 Å². The van der Waals surface area contributed by atoms with Crippen molar-refractivity contribution in [1.29, 1.82) is 0 Å². The number of benzene rings is 2. The number of aryl methyl sites for hydroxylation is 1. The van der Waals surface area contributed by atoms with Crippen molar-refractivity contribution in [2.45, 2.75) is 19.8 Å². The largest absolute Gasteiger partial charge is 0.423 e. The number of carbonyl (C=O) groups excluding carboxylic acids is 1. The Kier molecular flexibility index (Phi) is 5.11. The van der Waals surface area contributed by atoms with Crippen molar-refractivity contribution < 1.29 is 13.9 Å². The van der Waals surface area contributed by atoms with E-state index in [-0.39, 0.29) is 16.3 Å². The fraction of sp³-hybridized carbons (Fsp3) is 0.158. The first-order valence-electron chi connectivity index (χ1n) is 7.72. The highest BCUT2D eigenvalue weighted by Crippen LogP contribution is 2.26. The van der Waals surface area contributed by atoms with Crippen LogP contribution >= 0.6 is 23.2 Å². The second-order valence-electron chi connectivity index (χ2n) is 5.51. The number of fused-ring (bicyclic) bond motifs is 1. The van der Waals surface area contributed by atoms with Gasteiger partial charge in [0.25, 0.3) is 0 Å². The van der Waals surface area contributed by atoms with Crippen LogP contribution in [0, 0.1) is 0 Å². The third kappa shape index (κ3) is 3.86. The van der Waals surface area contributed by atoms with Crippen LogP contribution in [0.15, 0.2) is 51.7 Å². The highest BCUT2D eigenvalue weighted by atomic mass is 35.5. The second kappa shape index (κ2) is 7.30. The van der Waals surface area contributed by atoms with Crippen molar-refractivity contribution in [3.8, 4) is 5.75 Å². The van der Waals surface area contributed by atoms with E-state index in [1.54, 1.807) is 18.2 Å². The van der Waals surface area contributed by atoms with Gasteiger partial charge in [-0.3, -0.25) is 0 Å². The molecule has 6 heteroatoms. The molecular weight excluding hydrogens is 363 g/mol. The van der Waals surface area contributed by atoms with Crippen molar-refractivity contribution >= 4 is 40.1 Å². The molecule has 0 aliphatic rings. The maximum absolute atomic E-state index is 12.3. The Morgan fingerprint density at radius 2 is 1.92 bits per heavy atom. The molecule has 1 heterocycles. The minimum Gasteiger partial charge on any atom is -0.423 e. The fourth-order valence-electron chi connectivity index (χ4n) is 2.57. The molecule has 0 atom stereocenters. The molecule has 0 spiro atoms. The first-order valence-corrected chi connectivity index (χ1v) is 8.47. The lowest BCUT2D eigenvalue weighted by atomic mass is 10.1. The van der Waals surface area contributed by atoms with Gasteiger partial charge in [-0.1, -0.05) is 36.5 Å². The van der Waals surface area contributed by atoms with E-state index in [0.717, 1.165) is 23.8 Å². The average molecular weight is 377 g/mol. The Bertz CT molecular complexity index is 1010. The van der Waals surface area contributed by atoms with Gasteiger partial charge >= 0.3 is 11.6 Å². The number of carbonyl (C=O) groups is 1. The van der Waals surface area contributed by atoms with E-state index in [0.29, 0.717) is 10.6 Å². The second-order valence-corrected chi connectivity index (χ2v) is 6.36. The molecule has 4 nitrogen and oxygen atoms in total. The summed E-state index contributed by atoms with van der Waals surface area (Å²) in [5.41, 5.74) is 1.06. The Labute approximate surface area is 153 Å². The lowest BCUT2D eigenvalue weighted by Gasteiger charge is -2.08. The standard InChI is InChI=1S/C19H14Cl2O4/c1-2-3-11-8-18(22)25-17-10-13(5-7-14(11)17)24-19(23)15-6-4-12(20)9-16(15)21/h4-10H,2-3H2,1H3. The Morgan fingerprint density at radius 3 is 2.64 bits per heavy atom. The molecule has 0 aliphatic carbocycles. The summed E-state index contributed by atoms with van der Waals surface area (Å²) in [5, 5.41) is 1.46. The summed E-state index contributed by atoms with van der Waals surface area (Å²) in [7, 11) is 0. The highest BCUT2D eigenvalue weighted by molar-refractivity contribution is 6.36. The van der Waals surface area contributed by atoms with Gasteiger partial charge in [0, 0.05) is 22.5 Å². The van der Waals surface area contributed by atoms with Crippen LogP contribution in [0.1, 0.15) is 29.3 Å². The molecular formula is C19H14Cl2O4. The van der Waals surface area contributed by atoms with Crippen LogP contribution < -0.4 is 10.4 Å². The van der Waals surface area contributed by atoms with Gasteiger partial charge in [-0.05, 0) is 42.3 Å². The van der Waals surface area contributed by atoms with Crippen LogP contribution in [-0.4, -0.2) is 5.97 Å². The lowest BCUT2D eigenvalue weighted by Crippen LogP contribution is -2.09. The summed E-state index contributed by atoms with van der Waals surface area (Å²) >= 11 is 11.8. The smallest absolute Gasteiger partial charge is 0.345 e. The Morgan fingerprint density at radius 1 is 1.12 bits per heavy atom. The van der Waals surface area contributed by atoms with Crippen molar-refractivity contribution in [1.82, 2.24) is 0 Å². The predicted molar refractivity (Wildman–Crippen MR) is 97.9 cm³/mol. The van der Waals surface area contributed by atoms with Crippen LogP contribution in [0.2, 0.25) is 10.0 Å². The summed E-state index contributed by atoms with van der Waals surface area (Å²) in [6.45, 7) is 2.03. The number of esters is 1. The molecule has 0 unspecified atom stereocenters. The van der Waals surface area contributed by atoms with E-state index >= 15 is 0 Å². The molecule has 0 N–H and O–H groups in total. The van der Waals surface area contributed by atoms with Crippen LogP contribution in [0.5, 0.6) is 5.75 Å². The van der Waals surface area contributed by atoms with E-state index in [1.165, 1.54) is 24.3 Å². The number of hydrogen-bond acceptors (Lipinski definition) is 4. The zero-order valence-electron chi connectivity index (χ0n) is 13.3. The molecule has 0 fully saturated rings. The highest BCUT2D eigenvalue weighted by Gasteiger charge is 2.14. The van der Waals surface area contributed by atoms with Gasteiger partial charge in [-0.25, -0.2) is 9.59 Å². The molecule has 3 aromatic rings. The zero-order valence-corrected chi connectivity index (χ0v) is 14.9. The third-order valence-electron chi connectivity index (χ3n) is 3.68. The summed E-state index contributed by atoms with van der Waals surface area (Å²) < 4.78 is 10.6. The number of hydrogen-bond donors (Lipinski definition) is 0. The molecule has 2 aromatic carbocycles. The number of ether oxygens (including phenoxy) is 1. The van der Waals surface area contributed by atoms with Crippen molar-refractivity contribution in [3.05, 3.63) is 74.1 Å². The first kappa shape index (κ1) is 17.5. The van der Waals surface area contributed by atoms with Gasteiger partial charge in [-0.15, -0.1) is 0 Å². The molecule has 3 rings (SSSR count). The molecule has 128 valence electrons. The summed E-state index contributed by atoms with van der Waals surface area (Å²) in [6.07, 6.45) is 1.67. The van der Waals surface area contributed by atoms with Gasteiger partial charge in [0.15, 0.2) is 0 Å². The van der Waals surface area contributed by atoms with E-state index < -0.39 is 11.6 Å². The van der Waals surface area contributed by atoms with Gasteiger partial charge < -0.3 is 9.15 Å². The topological polar surface area (TPSA) is 56.5 Å². The van der Waals surface area contributed by atoms with Gasteiger partial charge in [-0.2, -0.15) is 0 Å². The van der Waals surface area contributed by atoms with Gasteiger partial charge in [0.1, 0.15) is 11.3 Å². The molecule has 0 saturated heterocycles. The molecule has 25 heavy (non-hydrogen) atoms.